The lowest BCUT2D eigenvalue weighted by Gasteiger charge is -2.15. The largest absolute Gasteiger partial charge is 0.506 e. The highest BCUT2D eigenvalue weighted by atomic mass is 16.5. The van der Waals surface area contributed by atoms with E-state index in [-0.39, 0.29) is 11.3 Å². The van der Waals surface area contributed by atoms with Gasteiger partial charge in [-0.25, -0.2) is 0 Å². The van der Waals surface area contributed by atoms with Gasteiger partial charge in [-0.1, -0.05) is 0 Å². The summed E-state index contributed by atoms with van der Waals surface area (Å²) in [5.74, 6) is 0.207. The molecule has 5 heteroatoms. The van der Waals surface area contributed by atoms with Gasteiger partial charge in [0.25, 0.3) is 0 Å². The van der Waals surface area contributed by atoms with Crippen molar-refractivity contribution in [2.24, 2.45) is 0 Å². The van der Waals surface area contributed by atoms with Crippen LogP contribution in [0.1, 0.15) is 17.2 Å². The average molecular weight is 222 g/mol. The van der Waals surface area contributed by atoms with Crippen LogP contribution in [0.5, 0.6) is 11.5 Å². The third-order valence-electron chi connectivity index (χ3n) is 2.22. The molecule has 16 heavy (non-hydrogen) atoms. The summed E-state index contributed by atoms with van der Waals surface area (Å²) < 4.78 is 5.04. The predicted molar refractivity (Wildman–Crippen MR) is 58.3 cm³/mol. The Morgan fingerprint density at radius 2 is 2.25 bits per heavy atom. The van der Waals surface area contributed by atoms with Crippen molar-refractivity contribution in [2.45, 2.75) is 6.10 Å². The summed E-state index contributed by atoms with van der Waals surface area (Å²) >= 11 is 0. The topological polar surface area (TPSA) is 85.5 Å². The Labute approximate surface area is 93.9 Å². The maximum Gasteiger partial charge on any atom is 0.137 e. The van der Waals surface area contributed by atoms with Gasteiger partial charge in [-0.05, 0) is 13.1 Å². The van der Waals surface area contributed by atoms with Crippen molar-refractivity contribution >= 4 is 0 Å². The number of methoxy groups -OCH3 is 1. The standard InChI is InChI=1S/C11H14N2O3/c1-13-6-10(15)8-3-7(5-12)9(14)4-11(8)16-2/h3-4,10,13-15H,6H2,1-2H3. The number of phenolic OH excluding ortho intramolecular Hbond substituents is 1. The Balaban J connectivity index is 3.20. The molecule has 1 atom stereocenters. The number of aliphatic hydroxyl groups is 1. The summed E-state index contributed by atoms with van der Waals surface area (Å²) in [4.78, 5) is 0. The van der Waals surface area contributed by atoms with E-state index in [0.29, 0.717) is 17.9 Å². The van der Waals surface area contributed by atoms with Gasteiger partial charge in [-0.2, -0.15) is 5.26 Å². The maximum absolute atomic E-state index is 9.81. The first kappa shape index (κ1) is 12.3. The zero-order valence-electron chi connectivity index (χ0n) is 9.19. The molecule has 1 aromatic carbocycles. The molecule has 0 saturated carbocycles. The molecule has 0 amide bonds. The van der Waals surface area contributed by atoms with Crippen LogP contribution >= 0.6 is 0 Å². The minimum absolute atomic E-state index is 0.117. The zero-order chi connectivity index (χ0) is 12.1. The second-order valence-corrected chi connectivity index (χ2v) is 3.30. The third-order valence-corrected chi connectivity index (χ3v) is 2.22. The number of likely N-dealkylation sites (N-methyl/N-ethyl adjacent to an activating group) is 1. The molecule has 1 unspecified atom stereocenters. The van der Waals surface area contributed by atoms with Crippen molar-refractivity contribution < 1.29 is 14.9 Å². The quantitative estimate of drug-likeness (QED) is 0.691. The van der Waals surface area contributed by atoms with Gasteiger partial charge in [0.05, 0.1) is 18.8 Å². The summed E-state index contributed by atoms with van der Waals surface area (Å²) in [7, 11) is 3.15. The van der Waals surface area contributed by atoms with Gasteiger partial charge in [0.15, 0.2) is 0 Å². The van der Waals surface area contributed by atoms with Gasteiger partial charge in [0, 0.05) is 18.2 Å². The zero-order valence-corrected chi connectivity index (χ0v) is 9.19. The van der Waals surface area contributed by atoms with Crippen LogP contribution in [-0.2, 0) is 0 Å². The van der Waals surface area contributed by atoms with E-state index in [1.165, 1.54) is 19.2 Å². The highest BCUT2D eigenvalue weighted by Gasteiger charge is 2.16. The van der Waals surface area contributed by atoms with Crippen molar-refractivity contribution in [3.05, 3.63) is 23.3 Å². The van der Waals surface area contributed by atoms with Gasteiger partial charge in [0.2, 0.25) is 0 Å². The number of aliphatic hydroxyl groups excluding tert-OH is 1. The Kier molecular flexibility index (Phi) is 4.11. The Morgan fingerprint density at radius 1 is 1.56 bits per heavy atom. The number of hydrogen-bond acceptors (Lipinski definition) is 5. The van der Waals surface area contributed by atoms with Crippen LogP contribution in [0.4, 0.5) is 0 Å². The number of benzene rings is 1. The molecular weight excluding hydrogens is 208 g/mol. The van der Waals surface area contributed by atoms with E-state index in [0.717, 1.165) is 0 Å². The first-order chi connectivity index (χ1) is 7.63. The molecule has 0 aromatic heterocycles. The molecule has 5 nitrogen and oxygen atoms in total. The number of hydrogen-bond donors (Lipinski definition) is 3. The normalized spacial score (nSPS) is 11.9. The van der Waals surface area contributed by atoms with Crippen LogP contribution in [0.25, 0.3) is 0 Å². The molecular formula is C11H14N2O3. The lowest BCUT2D eigenvalue weighted by molar-refractivity contribution is 0.173. The van der Waals surface area contributed by atoms with Gasteiger partial charge >= 0.3 is 0 Å². The summed E-state index contributed by atoms with van der Waals surface area (Å²) in [6.45, 7) is 0.339. The molecule has 0 saturated heterocycles. The molecule has 0 aliphatic rings. The van der Waals surface area contributed by atoms with E-state index >= 15 is 0 Å². The van der Waals surface area contributed by atoms with Crippen LogP contribution in [0, 0.1) is 11.3 Å². The maximum atomic E-state index is 9.81. The summed E-state index contributed by atoms with van der Waals surface area (Å²) in [5, 5.41) is 30.9. The second-order valence-electron chi connectivity index (χ2n) is 3.30. The van der Waals surface area contributed by atoms with Crippen LogP contribution in [-0.4, -0.2) is 30.9 Å². The number of nitrogens with zero attached hydrogens (tertiary/aromatic N) is 1. The molecule has 1 rings (SSSR count). The lowest BCUT2D eigenvalue weighted by atomic mass is 10.0. The van der Waals surface area contributed by atoms with Crippen LogP contribution in [0.3, 0.4) is 0 Å². The number of ether oxygens (including phenoxy) is 1. The van der Waals surface area contributed by atoms with Crippen LogP contribution < -0.4 is 10.1 Å². The van der Waals surface area contributed by atoms with Crippen LogP contribution in [0.15, 0.2) is 12.1 Å². The van der Waals surface area contributed by atoms with Crippen LogP contribution in [0.2, 0.25) is 0 Å². The fourth-order valence-corrected chi connectivity index (χ4v) is 1.42. The molecule has 0 radical (unpaired) electrons. The number of nitrogens with one attached hydrogen (secondary N) is 1. The van der Waals surface area contributed by atoms with E-state index in [1.807, 2.05) is 6.07 Å². The van der Waals surface area contributed by atoms with Crippen molar-refractivity contribution in [1.29, 1.82) is 5.26 Å². The third kappa shape index (κ3) is 2.42. The Bertz CT molecular complexity index is 412. The molecule has 0 heterocycles. The number of phenols is 1. The first-order valence-corrected chi connectivity index (χ1v) is 4.77. The monoisotopic (exact) mass is 222 g/mol. The Hall–Kier alpha value is -1.77. The summed E-state index contributed by atoms with van der Waals surface area (Å²) in [5.41, 5.74) is 0.595. The molecule has 86 valence electrons. The van der Waals surface area contributed by atoms with Gasteiger partial charge in [-0.3, -0.25) is 0 Å². The molecule has 0 fully saturated rings. The average Bonchev–Trinajstić information content (AvgIpc) is 2.28. The molecule has 0 bridgehead atoms. The smallest absolute Gasteiger partial charge is 0.137 e. The second kappa shape index (κ2) is 5.35. The molecule has 0 spiro atoms. The Morgan fingerprint density at radius 3 is 2.75 bits per heavy atom. The van der Waals surface area contributed by atoms with E-state index in [1.54, 1.807) is 7.05 Å². The fraction of sp³-hybridized carbons (Fsp3) is 0.364. The first-order valence-electron chi connectivity index (χ1n) is 4.77. The minimum Gasteiger partial charge on any atom is -0.506 e. The van der Waals surface area contributed by atoms with E-state index in [9.17, 15) is 10.2 Å². The van der Waals surface area contributed by atoms with Crippen molar-refractivity contribution in [3.63, 3.8) is 0 Å². The SMILES string of the molecule is CNCC(O)c1cc(C#N)c(O)cc1OC. The molecule has 1 aromatic rings. The lowest BCUT2D eigenvalue weighted by Crippen LogP contribution is -2.17. The highest BCUT2D eigenvalue weighted by Crippen LogP contribution is 2.31. The summed E-state index contributed by atoms with van der Waals surface area (Å²) in [6, 6.07) is 4.60. The predicted octanol–water partition coefficient (Wildman–Crippen LogP) is 0.525. The van der Waals surface area contributed by atoms with Crippen molar-refractivity contribution in [1.82, 2.24) is 5.32 Å². The van der Waals surface area contributed by atoms with Crippen molar-refractivity contribution in [3.8, 4) is 17.6 Å². The van der Waals surface area contributed by atoms with Gasteiger partial charge in [-0.15, -0.1) is 0 Å². The summed E-state index contributed by atoms with van der Waals surface area (Å²) in [6.07, 6.45) is -0.785. The van der Waals surface area contributed by atoms with E-state index in [4.69, 9.17) is 10.00 Å². The van der Waals surface area contributed by atoms with E-state index < -0.39 is 6.10 Å². The minimum atomic E-state index is -0.785. The molecule has 0 aliphatic carbocycles. The number of rotatable bonds is 4. The van der Waals surface area contributed by atoms with Gasteiger partial charge in [0.1, 0.15) is 17.6 Å². The molecule has 3 N–H and O–H groups in total. The number of aromatic hydroxyl groups is 1. The number of nitriles is 1. The van der Waals surface area contributed by atoms with Gasteiger partial charge < -0.3 is 20.3 Å². The van der Waals surface area contributed by atoms with E-state index in [2.05, 4.69) is 5.32 Å². The fourth-order valence-electron chi connectivity index (χ4n) is 1.42. The van der Waals surface area contributed by atoms with Crippen molar-refractivity contribution in [2.75, 3.05) is 20.7 Å². The molecule has 0 aliphatic heterocycles. The highest BCUT2D eigenvalue weighted by molar-refractivity contribution is 5.51.